The summed E-state index contributed by atoms with van der Waals surface area (Å²) in [6.45, 7) is 5.52. The van der Waals surface area contributed by atoms with E-state index < -0.39 is 17.9 Å². The van der Waals surface area contributed by atoms with Crippen LogP contribution in [0.3, 0.4) is 0 Å². The van der Waals surface area contributed by atoms with Gasteiger partial charge in [0, 0.05) is 6.20 Å². The first-order valence-corrected chi connectivity index (χ1v) is 8.63. The van der Waals surface area contributed by atoms with Crippen LogP contribution in [0.1, 0.15) is 40.3 Å². The molecule has 1 atom stereocenters. The minimum Gasteiger partial charge on any atom is -0.480 e. The van der Waals surface area contributed by atoms with E-state index in [-0.39, 0.29) is 11.4 Å². The topological polar surface area (TPSA) is 102 Å². The molecule has 0 saturated heterocycles. The largest absolute Gasteiger partial charge is 0.480 e. The Bertz CT molecular complexity index is 1020. The van der Waals surface area contributed by atoms with E-state index in [1.54, 1.807) is 23.7 Å². The number of aryl methyl sites for hydroxylation is 1. The van der Waals surface area contributed by atoms with Gasteiger partial charge in [0.25, 0.3) is 5.91 Å². The molecule has 0 radical (unpaired) electrons. The summed E-state index contributed by atoms with van der Waals surface area (Å²) in [5, 5.41) is 20.2. The highest BCUT2D eigenvalue weighted by molar-refractivity contribution is 6.04. The van der Waals surface area contributed by atoms with Crippen LogP contribution in [0.15, 0.2) is 36.7 Å². The summed E-state index contributed by atoms with van der Waals surface area (Å²) in [4.78, 5) is 23.6. The van der Waals surface area contributed by atoms with Crippen LogP contribution in [0.25, 0.3) is 0 Å². The molecule has 1 amide bonds. The molecule has 0 spiro atoms. The highest BCUT2D eigenvalue weighted by atomic mass is 19.1. The molecule has 9 heteroatoms. The highest BCUT2D eigenvalue weighted by Crippen LogP contribution is 2.21. The number of halogens is 1. The quantitative estimate of drug-likeness (QED) is 0.679. The van der Waals surface area contributed by atoms with Crippen LogP contribution in [0.2, 0.25) is 0 Å². The summed E-state index contributed by atoms with van der Waals surface area (Å²) in [7, 11) is 0. The zero-order valence-corrected chi connectivity index (χ0v) is 15.7. The first-order valence-electron chi connectivity index (χ1n) is 8.63. The maximum atomic E-state index is 13.1. The third-order valence-corrected chi connectivity index (χ3v) is 4.48. The number of benzene rings is 1. The molecule has 0 aliphatic heterocycles. The summed E-state index contributed by atoms with van der Waals surface area (Å²) in [5.74, 6) is -1.75. The normalized spacial score (nSPS) is 12.0. The van der Waals surface area contributed by atoms with Gasteiger partial charge in [-0.2, -0.15) is 10.2 Å². The van der Waals surface area contributed by atoms with Gasteiger partial charge in [-0.25, -0.2) is 9.18 Å². The van der Waals surface area contributed by atoms with Gasteiger partial charge in [0.15, 0.2) is 0 Å². The van der Waals surface area contributed by atoms with E-state index in [0.29, 0.717) is 17.9 Å². The van der Waals surface area contributed by atoms with Crippen LogP contribution in [0.5, 0.6) is 0 Å². The number of anilines is 1. The lowest BCUT2D eigenvalue weighted by atomic mass is 10.2. The average molecular weight is 385 g/mol. The fourth-order valence-electron chi connectivity index (χ4n) is 2.76. The molecule has 1 aromatic carbocycles. The molecule has 8 nitrogen and oxygen atoms in total. The highest BCUT2D eigenvalue weighted by Gasteiger charge is 2.19. The molecule has 2 aromatic heterocycles. The number of carboxylic acids is 1. The summed E-state index contributed by atoms with van der Waals surface area (Å²) >= 11 is 0. The van der Waals surface area contributed by atoms with Crippen molar-refractivity contribution in [3.05, 3.63) is 65.0 Å². The lowest BCUT2D eigenvalue weighted by Gasteiger charge is -2.07. The second-order valence-electron chi connectivity index (χ2n) is 6.51. The molecular formula is C19H20FN5O3. The summed E-state index contributed by atoms with van der Waals surface area (Å²) in [6.07, 6.45) is 2.71. The lowest BCUT2D eigenvalue weighted by molar-refractivity contribution is -0.140. The van der Waals surface area contributed by atoms with Crippen LogP contribution in [-0.2, 0) is 11.3 Å². The van der Waals surface area contributed by atoms with Crippen LogP contribution >= 0.6 is 0 Å². The van der Waals surface area contributed by atoms with Gasteiger partial charge in [0.05, 0.1) is 35.4 Å². The van der Waals surface area contributed by atoms with Gasteiger partial charge in [-0.3, -0.25) is 14.2 Å². The number of hydrogen-bond acceptors (Lipinski definition) is 4. The Morgan fingerprint density at radius 3 is 2.57 bits per heavy atom. The maximum Gasteiger partial charge on any atom is 0.328 e. The lowest BCUT2D eigenvalue weighted by Crippen LogP contribution is -2.16. The van der Waals surface area contributed by atoms with Gasteiger partial charge in [-0.05, 0) is 38.5 Å². The minimum absolute atomic E-state index is 0.248. The maximum absolute atomic E-state index is 13.1. The van der Waals surface area contributed by atoms with E-state index in [0.717, 1.165) is 11.3 Å². The average Bonchev–Trinajstić information content (AvgIpc) is 3.24. The Balaban J connectivity index is 1.77. The van der Waals surface area contributed by atoms with E-state index >= 15 is 0 Å². The second kappa shape index (κ2) is 7.63. The molecule has 3 rings (SSSR count). The Labute approximate surface area is 160 Å². The van der Waals surface area contributed by atoms with Crippen LogP contribution in [0, 0.1) is 19.7 Å². The molecule has 0 bridgehead atoms. The fourth-order valence-corrected chi connectivity index (χ4v) is 2.76. The fraction of sp³-hybridized carbons (Fsp3) is 0.263. The molecule has 3 aromatic rings. The third kappa shape index (κ3) is 3.93. The Morgan fingerprint density at radius 2 is 1.93 bits per heavy atom. The molecule has 0 aliphatic rings. The molecule has 0 fully saturated rings. The number of amides is 1. The van der Waals surface area contributed by atoms with Crippen molar-refractivity contribution in [2.45, 2.75) is 33.4 Å². The van der Waals surface area contributed by atoms with Crippen LogP contribution in [0.4, 0.5) is 10.1 Å². The first-order chi connectivity index (χ1) is 13.3. The Morgan fingerprint density at radius 1 is 1.25 bits per heavy atom. The molecule has 1 unspecified atom stereocenters. The van der Waals surface area contributed by atoms with Gasteiger partial charge in [-0.1, -0.05) is 12.1 Å². The summed E-state index contributed by atoms with van der Waals surface area (Å²) in [6, 6.07) is 5.27. The van der Waals surface area contributed by atoms with E-state index in [4.69, 9.17) is 5.11 Å². The number of aromatic nitrogens is 4. The number of aliphatic carboxylic acids is 1. The number of nitrogens with zero attached hydrogens (tertiary/aromatic N) is 4. The minimum atomic E-state index is -1.04. The van der Waals surface area contributed by atoms with Crippen molar-refractivity contribution in [2.24, 2.45) is 0 Å². The van der Waals surface area contributed by atoms with Crippen molar-refractivity contribution in [2.75, 3.05) is 5.32 Å². The van der Waals surface area contributed by atoms with Gasteiger partial charge < -0.3 is 10.4 Å². The predicted molar refractivity (Wildman–Crippen MR) is 99.7 cm³/mol. The van der Waals surface area contributed by atoms with Crippen LogP contribution in [-0.4, -0.2) is 36.5 Å². The zero-order chi connectivity index (χ0) is 20.4. The number of carbonyl (C=O) groups excluding carboxylic acids is 1. The first kappa shape index (κ1) is 19.3. The number of nitrogens with one attached hydrogen (secondary N) is 1. The van der Waals surface area contributed by atoms with Crippen LogP contribution < -0.4 is 5.32 Å². The van der Waals surface area contributed by atoms with Gasteiger partial charge in [-0.15, -0.1) is 0 Å². The SMILES string of the molecule is Cc1nn(Cc2ccc(F)cc2)c(C)c1NC(=O)c1cnn(C(C)C(=O)O)c1. The number of hydrogen-bond donors (Lipinski definition) is 2. The summed E-state index contributed by atoms with van der Waals surface area (Å²) in [5.41, 5.74) is 3.10. The molecule has 146 valence electrons. The molecular weight excluding hydrogens is 365 g/mol. The van der Waals surface area contributed by atoms with E-state index in [1.807, 2.05) is 6.92 Å². The molecule has 0 saturated carbocycles. The van der Waals surface area contributed by atoms with Crippen molar-refractivity contribution in [1.29, 1.82) is 0 Å². The molecule has 2 N–H and O–H groups in total. The van der Waals surface area contributed by atoms with Gasteiger partial charge in [0.1, 0.15) is 11.9 Å². The van der Waals surface area contributed by atoms with Gasteiger partial charge in [0.2, 0.25) is 0 Å². The van der Waals surface area contributed by atoms with Crippen molar-refractivity contribution in [1.82, 2.24) is 19.6 Å². The smallest absolute Gasteiger partial charge is 0.328 e. The van der Waals surface area contributed by atoms with Gasteiger partial charge >= 0.3 is 5.97 Å². The number of carboxylic acid groups (broad SMARTS) is 1. The van der Waals surface area contributed by atoms with Crippen molar-refractivity contribution in [3.8, 4) is 0 Å². The number of carbonyl (C=O) groups is 2. The molecule has 28 heavy (non-hydrogen) atoms. The Kier molecular flexibility index (Phi) is 5.25. The Hall–Kier alpha value is -3.49. The number of rotatable bonds is 6. The zero-order valence-electron chi connectivity index (χ0n) is 15.7. The van der Waals surface area contributed by atoms with E-state index in [9.17, 15) is 14.0 Å². The summed E-state index contributed by atoms with van der Waals surface area (Å²) < 4.78 is 16.0. The predicted octanol–water partition coefficient (Wildman–Crippen LogP) is 2.78. The molecule has 2 heterocycles. The van der Waals surface area contributed by atoms with Crippen molar-refractivity contribution >= 4 is 17.6 Å². The van der Waals surface area contributed by atoms with Crippen molar-refractivity contribution < 1.29 is 19.1 Å². The monoisotopic (exact) mass is 385 g/mol. The van der Waals surface area contributed by atoms with Crippen molar-refractivity contribution in [3.63, 3.8) is 0 Å². The second-order valence-corrected chi connectivity index (χ2v) is 6.51. The third-order valence-electron chi connectivity index (χ3n) is 4.48. The van der Waals surface area contributed by atoms with E-state index in [1.165, 1.54) is 36.1 Å². The van der Waals surface area contributed by atoms with E-state index in [2.05, 4.69) is 15.5 Å². The molecule has 0 aliphatic carbocycles. The standard InChI is InChI=1S/C19H20FN5O3/c1-11-17(12(2)25(23-11)9-14-4-6-16(20)7-5-14)22-18(26)15-8-21-24(10-15)13(3)19(27)28/h4-8,10,13H,9H2,1-3H3,(H,22,26)(H,27,28).